The summed E-state index contributed by atoms with van der Waals surface area (Å²) in [5.41, 5.74) is 5.89. The zero-order chi connectivity index (χ0) is 15.9. The highest BCUT2D eigenvalue weighted by Gasteiger charge is 2.22. The molecule has 0 bridgehead atoms. The number of thiocarbonyl (C=S) groups is 1. The van der Waals surface area contributed by atoms with E-state index in [0.29, 0.717) is 12.1 Å². The number of rotatable bonds is 9. The van der Waals surface area contributed by atoms with Crippen molar-refractivity contribution in [3.63, 3.8) is 0 Å². The summed E-state index contributed by atoms with van der Waals surface area (Å²) in [4.78, 5) is 0.134. The molecular formula is C14H21FN2O2S2. The van der Waals surface area contributed by atoms with Gasteiger partial charge in [-0.2, -0.15) is 4.31 Å². The highest BCUT2D eigenvalue weighted by Crippen LogP contribution is 2.13. The molecule has 1 rings (SSSR count). The van der Waals surface area contributed by atoms with Gasteiger partial charge in [-0.25, -0.2) is 12.8 Å². The minimum Gasteiger partial charge on any atom is -0.392 e. The predicted octanol–water partition coefficient (Wildman–Crippen LogP) is 2.43. The van der Waals surface area contributed by atoms with E-state index in [4.69, 9.17) is 18.0 Å². The van der Waals surface area contributed by atoms with Gasteiger partial charge in [-0.1, -0.05) is 44.1 Å². The first-order valence-electron chi connectivity index (χ1n) is 6.85. The maximum atomic E-state index is 13.2. The molecule has 1 aromatic carbocycles. The van der Waals surface area contributed by atoms with Crippen molar-refractivity contribution in [1.82, 2.24) is 4.31 Å². The first-order chi connectivity index (χ1) is 9.85. The fraction of sp³-hybridized carbons (Fsp3) is 0.500. The Labute approximate surface area is 131 Å². The number of hydrogen-bond donors (Lipinski definition) is 1. The van der Waals surface area contributed by atoms with Crippen LogP contribution in [-0.4, -0.2) is 30.8 Å². The Kier molecular flexibility index (Phi) is 7.21. The van der Waals surface area contributed by atoms with Crippen molar-refractivity contribution in [2.45, 2.75) is 31.9 Å². The summed E-state index contributed by atoms with van der Waals surface area (Å²) in [7, 11) is -3.57. The molecule has 21 heavy (non-hydrogen) atoms. The molecular weight excluding hydrogens is 311 g/mol. The Morgan fingerprint density at radius 2 is 2.10 bits per heavy atom. The van der Waals surface area contributed by atoms with E-state index in [9.17, 15) is 12.8 Å². The van der Waals surface area contributed by atoms with E-state index in [0.717, 1.165) is 19.3 Å². The van der Waals surface area contributed by atoms with Crippen LogP contribution in [0.5, 0.6) is 0 Å². The first kappa shape index (κ1) is 18.0. The third kappa shape index (κ3) is 6.50. The molecule has 0 heterocycles. The van der Waals surface area contributed by atoms with Gasteiger partial charge in [-0.3, -0.25) is 0 Å². The summed E-state index contributed by atoms with van der Waals surface area (Å²) in [6.45, 7) is 2.44. The van der Waals surface area contributed by atoms with Gasteiger partial charge in [0.05, 0.1) is 17.3 Å². The summed E-state index contributed by atoms with van der Waals surface area (Å²) in [6, 6.07) is 5.59. The van der Waals surface area contributed by atoms with Crippen molar-refractivity contribution in [1.29, 1.82) is 0 Å². The van der Waals surface area contributed by atoms with Crippen LogP contribution in [0.2, 0.25) is 0 Å². The smallest absolute Gasteiger partial charge is 0.218 e. The molecule has 0 fully saturated rings. The second-order valence-corrected chi connectivity index (χ2v) is 7.39. The Morgan fingerprint density at radius 3 is 2.67 bits per heavy atom. The Morgan fingerprint density at radius 1 is 1.38 bits per heavy atom. The molecule has 0 saturated carbocycles. The van der Waals surface area contributed by atoms with Gasteiger partial charge in [0.15, 0.2) is 0 Å². The Balaban J connectivity index is 2.84. The zero-order valence-electron chi connectivity index (χ0n) is 12.1. The topological polar surface area (TPSA) is 63.4 Å². The van der Waals surface area contributed by atoms with E-state index >= 15 is 0 Å². The van der Waals surface area contributed by atoms with Crippen LogP contribution in [-0.2, 0) is 15.8 Å². The average molecular weight is 332 g/mol. The van der Waals surface area contributed by atoms with Gasteiger partial charge in [-0.15, -0.1) is 0 Å². The largest absolute Gasteiger partial charge is 0.392 e. The monoisotopic (exact) mass is 332 g/mol. The fourth-order valence-corrected chi connectivity index (χ4v) is 3.72. The molecule has 0 aliphatic carbocycles. The SMILES string of the molecule is CCCCCN(CC(N)=S)S(=O)(=O)Cc1cccc(F)c1. The molecule has 4 nitrogen and oxygen atoms in total. The van der Waals surface area contributed by atoms with Gasteiger partial charge in [0.2, 0.25) is 10.0 Å². The number of halogens is 1. The molecule has 118 valence electrons. The molecule has 0 spiro atoms. The first-order valence-corrected chi connectivity index (χ1v) is 8.87. The lowest BCUT2D eigenvalue weighted by molar-refractivity contribution is 0.435. The van der Waals surface area contributed by atoms with Crippen molar-refractivity contribution < 1.29 is 12.8 Å². The van der Waals surface area contributed by atoms with Gasteiger partial charge >= 0.3 is 0 Å². The molecule has 7 heteroatoms. The number of nitrogens with two attached hydrogens (primary N) is 1. The maximum Gasteiger partial charge on any atom is 0.218 e. The van der Waals surface area contributed by atoms with E-state index < -0.39 is 15.8 Å². The van der Waals surface area contributed by atoms with Crippen LogP contribution in [0.15, 0.2) is 24.3 Å². The summed E-state index contributed by atoms with van der Waals surface area (Å²) in [6.07, 6.45) is 2.68. The number of benzene rings is 1. The summed E-state index contributed by atoms with van der Waals surface area (Å²) < 4.78 is 39.3. The number of sulfonamides is 1. The van der Waals surface area contributed by atoms with E-state index in [-0.39, 0.29) is 17.3 Å². The summed E-state index contributed by atoms with van der Waals surface area (Å²) >= 11 is 4.82. The average Bonchev–Trinajstić information content (AvgIpc) is 2.36. The quantitative estimate of drug-likeness (QED) is 0.557. The molecule has 0 amide bonds. The van der Waals surface area contributed by atoms with Crippen molar-refractivity contribution >= 4 is 27.2 Å². The zero-order valence-corrected chi connectivity index (χ0v) is 13.7. The minimum absolute atomic E-state index is 0.0245. The van der Waals surface area contributed by atoms with Crippen LogP contribution in [0.25, 0.3) is 0 Å². The maximum absolute atomic E-state index is 13.2. The van der Waals surface area contributed by atoms with E-state index in [2.05, 4.69) is 0 Å². The van der Waals surface area contributed by atoms with E-state index in [1.165, 1.54) is 22.5 Å². The van der Waals surface area contributed by atoms with Crippen LogP contribution in [0.4, 0.5) is 4.39 Å². The molecule has 1 aromatic rings. The minimum atomic E-state index is -3.57. The highest BCUT2D eigenvalue weighted by molar-refractivity contribution is 7.88. The van der Waals surface area contributed by atoms with Gasteiger partial charge in [-0.05, 0) is 24.1 Å². The van der Waals surface area contributed by atoms with E-state index in [1.54, 1.807) is 6.07 Å². The molecule has 0 radical (unpaired) electrons. The molecule has 0 atom stereocenters. The molecule has 0 saturated heterocycles. The number of hydrogen-bond acceptors (Lipinski definition) is 3. The Bertz CT molecular complexity index is 576. The second-order valence-electron chi connectivity index (χ2n) is 4.89. The lowest BCUT2D eigenvalue weighted by Crippen LogP contribution is -2.39. The standard InChI is InChI=1S/C14H21FN2O2S2/c1-2-3-4-8-17(10-14(16)20)21(18,19)11-12-6-5-7-13(15)9-12/h5-7,9H,2-4,8,10-11H2,1H3,(H2,16,20). The number of nitrogens with zero attached hydrogens (tertiary/aromatic N) is 1. The lowest BCUT2D eigenvalue weighted by atomic mass is 10.2. The third-order valence-electron chi connectivity index (χ3n) is 2.97. The highest BCUT2D eigenvalue weighted by atomic mass is 32.2. The fourth-order valence-electron chi connectivity index (χ4n) is 1.96. The van der Waals surface area contributed by atoms with Crippen molar-refractivity contribution in [3.8, 4) is 0 Å². The predicted molar refractivity (Wildman–Crippen MR) is 86.9 cm³/mol. The second kappa shape index (κ2) is 8.41. The van der Waals surface area contributed by atoms with Crippen LogP contribution in [0, 0.1) is 5.82 Å². The molecule has 0 aromatic heterocycles. The van der Waals surface area contributed by atoms with Crippen molar-refractivity contribution in [2.24, 2.45) is 5.73 Å². The van der Waals surface area contributed by atoms with E-state index in [1.807, 2.05) is 6.92 Å². The van der Waals surface area contributed by atoms with Crippen LogP contribution in [0.1, 0.15) is 31.7 Å². The molecule has 0 aliphatic rings. The van der Waals surface area contributed by atoms with Gasteiger partial charge in [0.1, 0.15) is 5.82 Å². The third-order valence-corrected chi connectivity index (χ3v) is 4.90. The van der Waals surface area contributed by atoms with Crippen molar-refractivity contribution in [2.75, 3.05) is 13.1 Å². The summed E-state index contributed by atoms with van der Waals surface area (Å²) in [5.74, 6) is -0.700. The molecule has 0 aliphatic heterocycles. The molecule has 2 N–H and O–H groups in total. The van der Waals surface area contributed by atoms with Crippen LogP contribution < -0.4 is 5.73 Å². The van der Waals surface area contributed by atoms with Crippen LogP contribution >= 0.6 is 12.2 Å². The van der Waals surface area contributed by atoms with Gasteiger partial charge < -0.3 is 5.73 Å². The lowest BCUT2D eigenvalue weighted by Gasteiger charge is -2.21. The van der Waals surface area contributed by atoms with Gasteiger partial charge in [0.25, 0.3) is 0 Å². The number of unbranched alkanes of at least 4 members (excludes halogenated alkanes) is 2. The Hall–Kier alpha value is -1.05. The van der Waals surface area contributed by atoms with Crippen molar-refractivity contribution in [3.05, 3.63) is 35.6 Å². The van der Waals surface area contributed by atoms with Gasteiger partial charge in [0, 0.05) is 6.54 Å². The van der Waals surface area contributed by atoms with Crippen LogP contribution in [0.3, 0.4) is 0 Å². The molecule has 0 unspecified atom stereocenters. The summed E-state index contributed by atoms with van der Waals surface area (Å²) in [5, 5.41) is 0. The normalized spacial score (nSPS) is 11.8.